The first-order valence-electron chi connectivity index (χ1n) is 6.10. The van der Waals surface area contributed by atoms with Crippen LogP contribution in [0.25, 0.3) is 0 Å². The van der Waals surface area contributed by atoms with E-state index >= 15 is 0 Å². The smallest absolute Gasteiger partial charge is 0.151 e. The molecular weight excluding hydrogens is 268 g/mol. The third-order valence-corrected chi connectivity index (χ3v) is 5.55. The zero-order chi connectivity index (χ0) is 13.8. The predicted octanol–water partition coefficient (Wildman–Crippen LogP) is 1.96. The van der Waals surface area contributed by atoms with Gasteiger partial charge in [0, 0.05) is 29.6 Å². The normalized spacial score (nSPS) is 12.9. The van der Waals surface area contributed by atoms with E-state index in [2.05, 4.69) is 31.1 Å². The zero-order valence-electron chi connectivity index (χ0n) is 11.5. The van der Waals surface area contributed by atoms with Crippen LogP contribution in [0.3, 0.4) is 0 Å². The van der Waals surface area contributed by atoms with Crippen molar-refractivity contribution in [1.29, 1.82) is 0 Å². The molecule has 0 aliphatic carbocycles. The molecule has 4 nitrogen and oxygen atoms in total. The Kier molecular flexibility index (Phi) is 5.31. The Morgan fingerprint density at radius 1 is 1.39 bits per heavy atom. The number of hydrogen-bond acceptors (Lipinski definition) is 5. The molecule has 1 aromatic rings. The summed E-state index contributed by atoms with van der Waals surface area (Å²) in [6.07, 6.45) is 0. The Labute approximate surface area is 114 Å². The van der Waals surface area contributed by atoms with Crippen LogP contribution in [0.4, 0.5) is 0 Å². The van der Waals surface area contributed by atoms with E-state index in [0.29, 0.717) is 13.1 Å². The summed E-state index contributed by atoms with van der Waals surface area (Å²) in [5, 5.41) is 6.26. The van der Waals surface area contributed by atoms with Gasteiger partial charge >= 0.3 is 0 Å². The molecule has 0 bridgehead atoms. The molecule has 0 aromatic carbocycles. The van der Waals surface area contributed by atoms with Gasteiger partial charge in [0.15, 0.2) is 9.84 Å². The van der Waals surface area contributed by atoms with Gasteiger partial charge in [-0.2, -0.15) is 0 Å². The Bertz CT molecular complexity index is 473. The van der Waals surface area contributed by atoms with Gasteiger partial charge in [-0.3, -0.25) is 0 Å². The number of rotatable bonds is 6. The average molecular weight is 290 g/mol. The second-order valence-electron chi connectivity index (χ2n) is 5.31. The second kappa shape index (κ2) is 6.12. The lowest BCUT2D eigenvalue weighted by Gasteiger charge is -2.13. The van der Waals surface area contributed by atoms with E-state index in [9.17, 15) is 8.42 Å². The van der Waals surface area contributed by atoms with E-state index in [1.165, 1.54) is 0 Å². The molecule has 1 rings (SSSR count). The number of aromatic nitrogens is 1. The highest BCUT2D eigenvalue weighted by atomic mass is 32.2. The number of sulfone groups is 1. The van der Waals surface area contributed by atoms with Crippen molar-refractivity contribution >= 4 is 21.2 Å². The van der Waals surface area contributed by atoms with Crippen LogP contribution in [0.1, 0.15) is 38.4 Å². The van der Waals surface area contributed by atoms with Crippen molar-refractivity contribution in [3.05, 3.63) is 16.1 Å². The third kappa shape index (κ3) is 5.04. The molecule has 0 aliphatic rings. The number of nitrogens with zero attached hydrogens (tertiary/aromatic N) is 1. The van der Waals surface area contributed by atoms with E-state index in [4.69, 9.17) is 0 Å². The summed E-state index contributed by atoms with van der Waals surface area (Å²) in [6.45, 7) is 9.19. The van der Waals surface area contributed by atoms with Crippen molar-refractivity contribution in [1.82, 2.24) is 10.3 Å². The van der Waals surface area contributed by atoms with Gasteiger partial charge in [-0.1, -0.05) is 27.7 Å². The topological polar surface area (TPSA) is 59.1 Å². The van der Waals surface area contributed by atoms with E-state index in [1.54, 1.807) is 18.3 Å². The molecule has 6 heteroatoms. The van der Waals surface area contributed by atoms with Gasteiger partial charge in [0.25, 0.3) is 0 Å². The van der Waals surface area contributed by atoms with Gasteiger partial charge in [-0.25, -0.2) is 13.4 Å². The van der Waals surface area contributed by atoms with E-state index < -0.39 is 9.84 Å². The quantitative estimate of drug-likeness (QED) is 0.814. The van der Waals surface area contributed by atoms with Crippen LogP contribution < -0.4 is 5.32 Å². The summed E-state index contributed by atoms with van der Waals surface area (Å²) < 4.78 is 22.6. The van der Waals surface area contributed by atoms with E-state index in [1.807, 2.05) is 5.38 Å². The van der Waals surface area contributed by atoms with Crippen molar-refractivity contribution < 1.29 is 8.42 Å². The molecule has 18 heavy (non-hydrogen) atoms. The van der Waals surface area contributed by atoms with Gasteiger partial charge in [0.1, 0.15) is 0 Å². The Balaban J connectivity index is 2.39. The maximum absolute atomic E-state index is 11.3. The molecule has 1 N–H and O–H groups in total. The SMILES string of the molecule is CCS(=O)(=O)CCNCc1csc(C(C)(C)C)n1. The second-order valence-corrected chi connectivity index (χ2v) is 8.64. The summed E-state index contributed by atoms with van der Waals surface area (Å²) >= 11 is 1.66. The fourth-order valence-electron chi connectivity index (χ4n) is 1.32. The van der Waals surface area contributed by atoms with Crippen molar-refractivity contribution in [2.75, 3.05) is 18.1 Å². The van der Waals surface area contributed by atoms with Crippen molar-refractivity contribution in [2.45, 2.75) is 39.7 Å². The highest BCUT2D eigenvalue weighted by Gasteiger charge is 2.17. The molecule has 1 heterocycles. The summed E-state index contributed by atoms with van der Waals surface area (Å²) in [5.74, 6) is 0.402. The monoisotopic (exact) mass is 290 g/mol. The number of nitrogens with one attached hydrogen (secondary N) is 1. The third-order valence-electron chi connectivity index (χ3n) is 2.53. The highest BCUT2D eigenvalue weighted by Crippen LogP contribution is 2.25. The molecule has 0 spiro atoms. The summed E-state index contributed by atoms with van der Waals surface area (Å²) in [4.78, 5) is 4.54. The predicted molar refractivity (Wildman–Crippen MR) is 76.8 cm³/mol. The van der Waals surface area contributed by atoms with Crippen molar-refractivity contribution in [3.63, 3.8) is 0 Å². The maximum Gasteiger partial charge on any atom is 0.151 e. The van der Waals surface area contributed by atoms with Gasteiger partial charge in [-0.05, 0) is 0 Å². The van der Waals surface area contributed by atoms with Crippen LogP contribution in [0.2, 0.25) is 0 Å². The van der Waals surface area contributed by atoms with Crippen LogP contribution in [0.5, 0.6) is 0 Å². The standard InChI is InChI=1S/C12H22N2O2S2/c1-5-18(15,16)7-6-13-8-10-9-17-11(14-10)12(2,3)4/h9,13H,5-8H2,1-4H3. The molecular formula is C12H22N2O2S2. The molecule has 0 fully saturated rings. The van der Waals surface area contributed by atoms with Gasteiger partial charge in [0.05, 0.1) is 16.5 Å². The molecule has 0 amide bonds. The first-order valence-corrected chi connectivity index (χ1v) is 8.81. The number of thiazole rings is 1. The van der Waals surface area contributed by atoms with Gasteiger partial charge in [-0.15, -0.1) is 11.3 Å². The zero-order valence-corrected chi connectivity index (χ0v) is 13.1. The lowest BCUT2D eigenvalue weighted by atomic mass is 9.98. The molecule has 0 radical (unpaired) electrons. The summed E-state index contributed by atoms with van der Waals surface area (Å²) in [6, 6.07) is 0. The van der Waals surface area contributed by atoms with Gasteiger partial charge in [0.2, 0.25) is 0 Å². The van der Waals surface area contributed by atoms with Gasteiger partial charge < -0.3 is 5.32 Å². The Hall–Kier alpha value is -0.460. The molecule has 0 aliphatic heterocycles. The van der Waals surface area contributed by atoms with Crippen LogP contribution in [-0.4, -0.2) is 31.5 Å². The molecule has 0 atom stereocenters. The molecule has 104 valence electrons. The maximum atomic E-state index is 11.3. The number of hydrogen-bond donors (Lipinski definition) is 1. The largest absolute Gasteiger partial charge is 0.310 e. The van der Waals surface area contributed by atoms with E-state index in [0.717, 1.165) is 10.7 Å². The molecule has 1 aromatic heterocycles. The minimum absolute atomic E-state index is 0.0778. The molecule has 0 saturated carbocycles. The van der Waals surface area contributed by atoms with Crippen LogP contribution >= 0.6 is 11.3 Å². The highest BCUT2D eigenvalue weighted by molar-refractivity contribution is 7.91. The molecule has 0 unspecified atom stereocenters. The minimum Gasteiger partial charge on any atom is -0.310 e. The average Bonchev–Trinajstić information content (AvgIpc) is 2.73. The van der Waals surface area contributed by atoms with Crippen LogP contribution in [0, 0.1) is 0 Å². The summed E-state index contributed by atoms with van der Waals surface area (Å²) in [7, 11) is -2.87. The lowest BCUT2D eigenvalue weighted by Crippen LogP contribution is -2.23. The van der Waals surface area contributed by atoms with Crippen molar-refractivity contribution in [3.8, 4) is 0 Å². The molecule has 0 saturated heterocycles. The first kappa shape index (κ1) is 15.6. The first-order chi connectivity index (χ1) is 8.24. The van der Waals surface area contributed by atoms with Crippen LogP contribution in [0.15, 0.2) is 5.38 Å². The fourth-order valence-corrected chi connectivity index (χ4v) is 2.97. The Morgan fingerprint density at radius 2 is 2.06 bits per heavy atom. The Morgan fingerprint density at radius 3 is 2.56 bits per heavy atom. The minimum atomic E-state index is -2.87. The van der Waals surface area contributed by atoms with Crippen LogP contribution in [-0.2, 0) is 21.8 Å². The summed E-state index contributed by atoms with van der Waals surface area (Å²) in [5.41, 5.74) is 1.06. The van der Waals surface area contributed by atoms with Crippen molar-refractivity contribution in [2.24, 2.45) is 0 Å². The van der Waals surface area contributed by atoms with E-state index in [-0.39, 0.29) is 16.9 Å². The lowest BCUT2D eigenvalue weighted by molar-refractivity contribution is 0.579. The fraction of sp³-hybridized carbons (Fsp3) is 0.750.